The molecule has 0 aliphatic heterocycles. The highest BCUT2D eigenvalue weighted by atomic mass is 32.2. The third-order valence-corrected chi connectivity index (χ3v) is 6.05. The maximum atomic E-state index is 12.4. The van der Waals surface area contributed by atoms with Gasteiger partial charge in [-0.3, -0.25) is 9.36 Å². The first kappa shape index (κ1) is 19.7. The van der Waals surface area contributed by atoms with Gasteiger partial charge in [0.25, 0.3) is 0 Å². The van der Waals surface area contributed by atoms with Crippen molar-refractivity contribution in [3.8, 4) is 5.82 Å². The van der Waals surface area contributed by atoms with Crippen LogP contribution in [0.15, 0.2) is 84.1 Å². The van der Waals surface area contributed by atoms with E-state index in [1.807, 2.05) is 28.8 Å². The van der Waals surface area contributed by atoms with Gasteiger partial charge in [-0.15, -0.1) is 0 Å². The predicted octanol–water partition coefficient (Wildman–Crippen LogP) is 2.73. The lowest BCUT2D eigenvalue weighted by Gasteiger charge is -2.14. The first-order valence-electron chi connectivity index (χ1n) is 9.21. The van der Waals surface area contributed by atoms with E-state index in [2.05, 4.69) is 20.0 Å². The summed E-state index contributed by atoms with van der Waals surface area (Å²) in [5.74, 6) is 0.164. The summed E-state index contributed by atoms with van der Waals surface area (Å²) in [7, 11) is -3.79. The number of pyridine rings is 1. The van der Waals surface area contributed by atoms with Crippen molar-refractivity contribution in [3.63, 3.8) is 0 Å². The fourth-order valence-electron chi connectivity index (χ4n) is 2.95. The summed E-state index contributed by atoms with van der Waals surface area (Å²) < 4.78 is 29.0. The molecule has 0 spiro atoms. The quantitative estimate of drug-likeness (QED) is 0.498. The molecule has 0 saturated carbocycles. The van der Waals surface area contributed by atoms with E-state index >= 15 is 0 Å². The molecule has 152 valence electrons. The Balaban J connectivity index is 1.45. The molecule has 4 rings (SSSR count). The van der Waals surface area contributed by atoms with Crippen molar-refractivity contribution in [3.05, 3.63) is 79.3 Å². The number of anilines is 1. The van der Waals surface area contributed by atoms with E-state index in [4.69, 9.17) is 0 Å². The van der Waals surface area contributed by atoms with Crippen LogP contribution in [0.1, 0.15) is 6.92 Å². The monoisotopic (exact) mass is 421 g/mol. The van der Waals surface area contributed by atoms with E-state index in [0.717, 1.165) is 11.0 Å². The van der Waals surface area contributed by atoms with Crippen molar-refractivity contribution in [2.24, 2.45) is 0 Å². The van der Waals surface area contributed by atoms with Crippen LogP contribution in [0.4, 0.5) is 5.69 Å². The highest BCUT2D eigenvalue weighted by Crippen LogP contribution is 2.17. The maximum absolute atomic E-state index is 12.4. The highest BCUT2D eigenvalue weighted by molar-refractivity contribution is 7.89. The first-order valence-corrected chi connectivity index (χ1v) is 10.7. The fraction of sp³-hybridized carbons (Fsp3) is 0.0952. The minimum Gasteiger partial charge on any atom is -0.323 e. The van der Waals surface area contributed by atoms with Crippen LogP contribution < -0.4 is 10.0 Å². The van der Waals surface area contributed by atoms with Crippen molar-refractivity contribution in [2.75, 3.05) is 5.32 Å². The minimum atomic E-state index is -3.79. The Bertz CT molecular complexity index is 1290. The van der Waals surface area contributed by atoms with Gasteiger partial charge < -0.3 is 5.32 Å². The molecule has 0 bridgehead atoms. The Hall–Kier alpha value is -3.56. The Morgan fingerprint density at radius 2 is 1.70 bits per heavy atom. The highest BCUT2D eigenvalue weighted by Gasteiger charge is 2.22. The summed E-state index contributed by atoms with van der Waals surface area (Å²) in [6.07, 6.45) is 3.20. The number of para-hydroxylation sites is 2. The standard InChI is InChI=1S/C21H19N5O3S/c1-15(25-30(28,29)17-7-3-2-4-8-17)21(27)24-16-11-12-20(22-13-16)26-14-23-18-9-5-6-10-19(18)26/h2-15,25H,1H3,(H,24,27)/t15-/m0/s1. The van der Waals surface area contributed by atoms with E-state index in [0.29, 0.717) is 11.5 Å². The number of hydrogen-bond donors (Lipinski definition) is 2. The number of nitrogens with one attached hydrogen (secondary N) is 2. The lowest BCUT2D eigenvalue weighted by atomic mass is 10.3. The van der Waals surface area contributed by atoms with E-state index in [9.17, 15) is 13.2 Å². The van der Waals surface area contributed by atoms with Crippen LogP contribution in [0.25, 0.3) is 16.9 Å². The molecule has 0 radical (unpaired) electrons. The zero-order valence-electron chi connectivity index (χ0n) is 16.1. The van der Waals surface area contributed by atoms with Crippen molar-refractivity contribution in [1.29, 1.82) is 0 Å². The zero-order chi connectivity index (χ0) is 21.1. The molecule has 1 amide bonds. The smallest absolute Gasteiger partial charge is 0.242 e. The third kappa shape index (κ3) is 4.07. The van der Waals surface area contributed by atoms with Gasteiger partial charge in [0.05, 0.1) is 33.9 Å². The summed E-state index contributed by atoms with van der Waals surface area (Å²) in [6.45, 7) is 1.48. The number of fused-ring (bicyclic) bond motifs is 1. The number of carbonyl (C=O) groups excluding carboxylic acids is 1. The molecule has 0 aliphatic rings. The Labute approximate surface area is 173 Å². The number of carbonyl (C=O) groups is 1. The largest absolute Gasteiger partial charge is 0.323 e. The molecule has 2 N–H and O–H groups in total. The number of imidazole rings is 1. The van der Waals surface area contributed by atoms with Crippen LogP contribution in [0.3, 0.4) is 0 Å². The number of hydrogen-bond acceptors (Lipinski definition) is 5. The molecule has 2 aromatic heterocycles. The van der Waals surface area contributed by atoms with Crippen LogP contribution >= 0.6 is 0 Å². The second kappa shape index (κ2) is 8.05. The first-order chi connectivity index (χ1) is 14.4. The molecule has 0 aliphatic carbocycles. The number of nitrogens with zero attached hydrogens (tertiary/aromatic N) is 3. The topological polar surface area (TPSA) is 106 Å². The summed E-state index contributed by atoms with van der Waals surface area (Å²) in [5.41, 5.74) is 2.24. The van der Waals surface area contributed by atoms with Crippen molar-refractivity contribution in [1.82, 2.24) is 19.3 Å². The average Bonchev–Trinajstić information content (AvgIpc) is 3.19. The Kier molecular flexibility index (Phi) is 5.30. The molecule has 2 heterocycles. The van der Waals surface area contributed by atoms with Crippen LogP contribution in [-0.2, 0) is 14.8 Å². The predicted molar refractivity (Wildman–Crippen MR) is 114 cm³/mol. The summed E-state index contributed by atoms with van der Waals surface area (Å²) >= 11 is 0. The Morgan fingerprint density at radius 1 is 0.967 bits per heavy atom. The van der Waals surface area contributed by atoms with Gasteiger partial charge in [0, 0.05) is 0 Å². The van der Waals surface area contributed by atoms with Gasteiger partial charge in [0.1, 0.15) is 12.1 Å². The molecule has 0 saturated heterocycles. The van der Waals surface area contributed by atoms with Gasteiger partial charge in [-0.05, 0) is 43.3 Å². The minimum absolute atomic E-state index is 0.100. The molecule has 4 aromatic rings. The van der Waals surface area contributed by atoms with Crippen LogP contribution in [-0.4, -0.2) is 34.9 Å². The number of amides is 1. The van der Waals surface area contributed by atoms with Crippen LogP contribution in [0.5, 0.6) is 0 Å². The molecular formula is C21H19N5O3S. The Morgan fingerprint density at radius 3 is 2.43 bits per heavy atom. The molecule has 8 nitrogen and oxygen atoms in total. The second-order valence-electron chi connectivity index (χ2n) is 6.65. The normalized spacial score (nSPS) is 12.6. The lowest BCUT2D eigenvalue weighted by molar-refractivity contribution is -0.117. The van der Waals surface area contributed by atoms with Crippen molar-refractivity contribution in [2.45, 2.75) is 17.9 Å². The average molecular weight is 421 g/mol. The van der Waals surface area contributed by atoms with E-state index in [-0.39, 0.29) is 4.90 Å². The lowest BCUT2D eigenvalue weighted by Crippen LogP contribution is -2.41. The van der Waals surface area contributed by atoms with E-state index in [1.54, 1.807) is 36.7 Å². The maximum Gasteiger partial charge on any atom is 0.242 e. The summed E-state index contributed by atoms with van der Waals surface area (Å²) in [4.78, 5) is 21.2. The number of benzene rings is 2. The molecule has 30 heavy (non-hydrogen) atoms. The van der Waals surface area contributed by atoms with Gasteiger partial charge in [0.15, 0.2) is 0 Å². The molecule has 1 atom stereocenters. The molecule has 9 heteroatoms. The SMILES string of the molecule is C[C@H](NS(=O)(=O)c1ccccc1)C(=O)Nc1ccc(-n2cnc3ccccc32)nc1. The van der Waals surface area contributed by atoms with Crippen LogP contribution in [0.2, 0.25) is 0 Å². The zero-order valence-corrected chi connectivity index (χ0v) is 16.9. The van der Waals surface area contributed by atoms with E-state index in [1.165, 1.54) is 25.3 Å². The van der Waals surface area contributed by atoms with Gasteiger partial charge in [0.2, 0.25) is 15.9 Å². The fourth-order valence-corrected chi connectivity index (χ4v) is 4.17. The molecule has 0 fully saturated rings. The van der Waals surface area contributed by atoms with Crippen molar-refractivity contribution >= 4 is 32.7 Å². The summed E-state index contributed by atoms with van der Waals surface area (Å²) in [6, 6.07) is 18.1. The van der Waals surface area contributed by atoms with Crippen LogP contribution in [0, 0.1) is 0 Å². The molecule has 0 unspecified atom stereocenters. The second-order valence-corrected chi connectivity index (χ2v) is 8.37. The molecule has 2 aromatic carbocycles. The summed E-state index contributed by atoms with van der Waals surface area (Å²) in [5, 5.41) is 2.67. The number of sulfonamides is 1. The third-order valence-electron chi connectivity index (χ3n) is 4.49. The number of rotatable bonds is 6. The van der Waals surface area contributed by atoms with Gasteiger partial charge >= 0.3 is 0 Å². The van der Waals surface area contributed by atoms with Gasteiger partial charge in [-0.1, -0.05) is 30.3 Å². The number of aromatic nitrogens is 3. The molecular weight excluding hydrogens is 402 g/mol. The van der Waals surface area contributed by atoms with E-state index < -0.39 is 22.0 Å². The van der Waals surface area contributed by atoms with Gasteiger partial charge in [-0.25, -0.2) is 18.4 Å². The van der Waals surface area contributed by atoms with Crippen molar-refractivity contribution < 1.29 is 13.2 Å². The van der Waals surface area contributed by atoms with Gasteiger partial charge in [-0.2, -0.15) is 4.72 Å².